The molecule has 15 heavy (non-hydrogen) atoms. The van der Waals surface area contributed by atoms with E-state index in [0.717, 1.165) is 0 Å². The fourth-order valence-corrected chi connectivity index (χ4v) is 1.68. The van der Waals surface area contributed by atoms with E-state index in [9.17, 15) is 22.0 Å². The summed E-state index contributed by atoms with van der Waals surface area (Å²) in [5, 5.41) is 0. The number of benzene rings is 1. The second kappa shape index (κ2) is 4.48. The first-order valence-electron chi connectivity index (χ1n) is 3.23. The SMILES string of the molecule is [N-]=[N+]=N[Se]c1c(F)c(F)c(F)c(F)c1F. The summed E-state index contributed by atoms with van der Waals surface area (Å²) in [6, 6.07) is 0. The van der Waals surface area contributed by atoms with Crippen molar-refractivity contribution in [2.75, 3.05) is 0 Å². The number of hydrogen-bond acceptors (Lipinski definition) is 1. The third-order valence-corrected chi connectivity index (χ3v) is 2.80. The molecular formula is C6F5N3Se. The summed E-state index contributed by atoms with van der Waals surface area (Å²) < 4.78 is 65.0. The van der Waals surface area contributed by atoms with Gasteiger partial charge in [-0.2, -0.15) is 0 Å². The van der Waals surface area contributed by atoms with Crippen molar-refractivity contribution < 1.29 is 22.0 Å². The topological polar surface area (TPSA) is 48.8 Å². The number of hydrogen-bond donors (Lipinski definition) is 0. The van der Waals surface area contributed by atoms with Crippen molar-refractivity contribution in [1.82, 2.24) is 0 Å². The van der Waals surface area contributed by atoms with E-state index in [0.29, 0.717) is 0 Å². The molecule has 0 saturated carbocycles. The molecule has 0 N–H and O–H groups in total. The minimum atomic E-state index is -2.23. The van der Waals surface area contributed by atoms with Crippen molar-refractivity contribution in [3.05, 3.63) is 39.5 Å². The Hall–Kier alpha value is -1.30. The van der Waals surface area contributed by atoms with E-state index in [1.54, 1.807) is 0 Å². The zero-order valence-electron chi connectivity index (χ0n) is 6.64. The third kappa shape index (κ3) is 2.04. The average Bonchev–Trinajstić information content (AvgIpc) is 2.24. The second-order valence-corrected chi connectivity index (χ2v) is 3.74. The van der Waals surface area contributed by atoms with Crippen molar-refractivity contribution >= 4 is 19.6 Å². The van der Waals surface area contributed by atoms with Crippen molar-refractivity contribution in [3.8, 4) is 0 Å². The van der Waals surface area contributed by atoms with Crippen LogP contribution in [0.4, 0.5) is 22.0 Å². The molecule has 0 saturated heterocycles. The maximum atomic E-state index is 12.8. The van der Waals surface area contributed by atoms with Gasteiger partial charge in [-0.05, 0) is 0 Å². The molecule has 0 radical (unpaired) electrons. The maximum absolute atomic E-state index is 12.8. The van der Waals surface area contributed by atoms with Gasteiger partial charge in [-0.3, -0.25) is 0 Å². The molecule has 0 aliphatic heterocycles. The van der Waals surface area contributed by atoms with Crippen LogP contribution in [0.25, 0.3) is 10.4 Å². The quantitative estimate of drug-likeness (QED) is 0.152. The van der Waals surface area contributed by atoms with Gasteiger partial charge < -0.3 is 0 Å². The Kier molecular flexibility index (Phi) is 3.52. The van der Waals surface area contributed by atoms with Crippen molar-refractivity contribution in [3.63, 3.8) is 0 Å². The van der Waals surface area contributed by atoms with Crippen molar-refractivity contribution in [2.24, 2.45) is 4.13 Å². The Labute approximate surface area is 85.9 Å². The van der Waals surface area contributed by atoms with Crippen LogP contribution in [0.3, 0.4) is 0 Å². The van der Waals surface area contributed by atoms with Gasteiger partial charge in [-0.15, -0.1) is 0 Å². The molecule has 1 aromatic rings. The van der Waals surface area contributed by atoms with Gasteiger partial charge in [0, 0.05) is 0 Å². The van der Waals surface area contributed by atoms with Gasteiger partial charge in [-0.25, -0.2) is 0 Å². The van der Waals surface area contributed by atoms with Crippen LogP contribution in [0.15, 0.2) is 4.13 Å². The molecule has 0 aliphatic carbocycles. The minimum absolute atomic E-state index is 1.09. The van der Waals surface area contributed by atoms with Crippen molar-refractivity contribution in [1.29, 1.82) is 0 Å². The number of azide groups is 1. The van der Waals surface area contributed by atoms with E-state index in [1.165, 1.54) is 0 Å². The first-order valence-corrected chi connectivity index (χ1v) is 4.85. The molecule has 3 nitrogen and oxygen atoms in total. The molecule has 0 spiro atoms. The zero-order chi connectivity index (χ0) is 11.6. The Bertz CT molecular complexity index is 428. The second-order valence-electron chi connectivity index (χ2n) is 2.16. The molecule has 0 amide bonds. The predicted octanol–water partition coefficient (Wildman–Crippen LogP) is 1.94. The Morgan fingerprint density at radius 1 is 0.867 bits per heavy atom. The molecule has 1 aromatic carbocycles. The van der Waals surface area contributed by atoms with Gasteiger partial charge in [-0.1, -0.05) is 0 Å². The van der Waals surface area contributed by atoms with Gasteiger partial charge in [0.2, 0.25) is 0 Å². The summed E-state index contributed by atoms with van der Waals surface area (Å²) >= 11 is -1.52. The molecule has 1 rings (SSSR count). The summed E-state index contributed by atoms with van der Waals surface area (Å²) in [7, 11) is 0. The summed E-state index contributed by atoms with van der Waals surface area (Å²) in [5.41, 5.74) is 7.87. The predicted molar refractivity (Wildman–Crippen MR) is 40.8 cm³/mol. The third-order valence-electron chi connectivity index (χ3n) is 1.34. The van der Waals surface area contributed by atoms with Crippen LogP contribution in [0.1, 0.15) is 0 Å². The Morgan fingerprint density at radius 2 is 1.27 bits per heavy atom. The summed E-state index contributed by atoms with van der Waals surface area (Å²) in [4.78, 5) is 2.18. The fourth-order valence-electron chi connectivity index (χ4n) is 0.724. The van der Waals surface area contributed by atoms with Gasteiger partial charge in [0.05, 0.1) is 0 Å². The van der Waals surface area contributed by atoms with E-state index in [2.05, 4.69) is 9.04 Å². The molecule has 0 unspecified atom stereocenters. The van der Waals surface area contributed by atoms with Gasteiger partial charge in [0.15, 0.2) is 0 Å². The monoisotopic (exact) mass is 289 g/mol. The van der Waals surface area contributed by atoms with Crippen LogP contribution in [0.2, 0.25) is 0 Å². The van der Waals surface area contributed by atoms with Crippen LogP contribution < -0.4 is 4.46 Å². The molecule has 9 heteroatoms. The first-order chi connectivity index (χ1) is 7.00. The van der Waals surface area contributed by atoms with E-state index in [-0.39, 0.29) is 0 Å². The summed E-state index contributed by atoms with van der Waals surface area (Å²) in [6.45, 7) is 0. The number of halogens is 5. The van der Waals surface area contributed by atoms with E-state index >= 15 is 0 Å². The Morgan fingerprint density at radius 3 is 1.67 bits per heavy atom. The average molecular weight is 288 g/mol. The van der Waals surface area contributed by atoms with Crippen LogP contribution >= 0.6 is 0 Å². The molecule has 80 valence electrons. The molecule has 0 fully saturated rings. The molecular weight excluding hydrogens is 288 g/mol. The van der Waals surface area contributed by atoms with Crippen LogP contribution in [-0.4, -0.2) is 15.2 Å². The first kappa shape index (κ1) is 11.8. The fraction of sp³-hybridized carbons (Fsp3) is 0. The standard InChI is InChI=1S/C6F5N3Se/c7-1-2(8)4(10)6(15-14-13-12)5(11)3(1)9. The van der Waals surface area contributed by atoms with Gasteiger partial charge >= 0.3 is 85.2 Å². The molecule has 0 aromatic heterocycles. The normalized spacial score (nSPS) is 9.93. The zero-order valence-corrected chi connectivity index (χ0v) is 8.35. The van der Waals surface area contributed by atoms with Crippen LogP contribution in [0.5, 0.6) is 0 Å². The van der Waals surface area contributed by atoms with Gasteiger partial charge in [0.1, 0.15) is 0 Å². The summed E-state index contributed by atoms with van der Waals surface area (Å²) in [5.74, 6) is -10.2. The van der Waals surface area contributed by atoms with E-state index < -0.39 is 48.7 Å². The van der Waals surface area contributed by atoms with Crippen LogP contribution in [0, 0.1) is 29.1 Å². The molecule has 0 heterocycles. The Balaban J connectivity index is 3.44. The van der Waals surface area contributed by atoms with Crippen LogP contribution in [-0.2, 0) is 0 Å². The number of nitrogens with zero attached hydrogens (tertiary/aromatic N) is 3. The molecule has 0 aliphatic rings. The van der Waals surface area contributed by atoms with E-state index in [4.69, 9.17) is 5.53 Å². The summed E-state index contributed by atoms with van der Waals surface area (Å²) in [6.07, 6.45) is 0. The van der Waals surface area contributed by atoms with Gasteiger partial charge in [0.25, 0.3) is 0 Å². The number of rotatable bonds is 2. The van der Waals surface area contributed by atoms with E-state index in [1.807, 2.05) is 0 Å². The molecule has 0 bridgehead atoms. The molecule has 0 atom stereocenters. The van der Waals surface area contributed by atoms with Crippen molar-refractivity contribution in [2.45, 2.75) is 0 Å².